The maximum absolute atomic E-state index is 13.4. The van der Waals surface area contributed by atoms with E-state index in [9.17, 15) is 4.39 Å². The molecule has 1 aromatic carbocycles. The highest BCUT2D eigenvalue weighted by Crippen LogP contribution is 2.21. The van der Waals surface area contributed by atoms with E-state index >= 15 is 0 Å². The van der Waals surface area contributed by atoms with E-state index in [1.165, 1.54) is 23.9 Å². The van der Waals surface area contributed by atoms with Gasteiger partial charge in [0.05, 0.1) is 11.6 Å². The first kappa shape index (κ1) is 11.6. The standard InChI is InChI=1S/C12H8FN3S/c13-11-3-2-9(7-14)6-10(11)8-17-12-15-4-1-5-16-12/h1-6H,8H2. The Balaban J connectivity index is 2.12. The molecule has 0 radical (unpaired) electrons. The third-order valence-corrected chi connectivity index (χ3v) is 3.00. The van der Waals surface area contributed by atoms with Gasteiger partial charge in [-0.05, 0) is 29.8 Å². The Labute approximate surface area is 102 Å². The Hall–Kier alpha value is -1.93. The second-order valence-electron chi connectivity index (χ2n) is 3.24. The molecule has 0 atom stereocenters. The summed E-state index contributed by atoms with van der Waals surface area (Å²) in [7, 11) is 0. The van der Waals surface area contributed by atoms with Gasteiger partial charge in [0.2, 0.25) is 0 Å². The monoisotopic (exact) mass is 245 g/mol. The molecule has 0 saturated carbocycles. The molecule has 84 valence electrons. The van der Waals surface area contributed by atoms with Gasteiger partial charge in [0, 0.05) is 18.1 Å². The highest BCUT2D eigenvalue weighted by atomic mass is 32.2. The lowest BCUT2D eigenvalue weighted by molar-refractivity contribution is 0.617. The maximum atomic E-state index is 13.4. The molecule has 2 aromatic rings. The van der Waals surface area contributed by atoms with Crippen LogP contribution in [0.3, 0.4) is 0 Å². The normalized spacial score (nSPS) is 9.88. The second kappa shape index (κ2) is 5.41. The van der Waals surface area contributed by atoms with E-state index < -0.39 is 0 Å². The zero-order valence-corrected chi connectivity index (χ0v) is 9.62. The number of nitriles is 1. The Morgan fingerprint density at radius 2 is 2.06 bits per heavy atom. The van der Waals surface area contributed by atoms with Crippen molar-refractivity contribution >= 4 is 11.8 Å². The van der Waals surface area contributed by atoms with Crippen LogP contribution in [-0.4, -0.2) is 9.97 Å². The van der Waals surface area contributed by atoms with Crippen LogP contribution in [0.1, 0.15) is 11.1 Å². The van der Waals surface area contributed by atoms with Crippen LogP contribution in [0.25, 0.3) is 0 Å². The predicted octanol–water partition coefficient (Wildman–Crippen LogP) is 2.78. The molecular weight excluding hydrogens is 237 g/mol. The lowest BCUT2D eigenvalue weighted by Gasteiger charge is -2.02. The van der Waals surface area contributed by atoms with E-state index in [0.717, 1.165) is 0 Å². The molecule has 0 aliphatic carbocycles. The average Bonchev–Trinajstić information content (AvgIpc) is 2.39. The maximum Gasteiger partial charge on any atom is 0.187 e. The minimum absolute atomic E-state index is 0.313. The molecule has 3 nitrogen and oxygen atoms in total. The van der Waals surface area contributed by atoms with Gasteiger partial charge in [-0.15, -0.1) is 0 Å². The molecule has 0 N–H and O–H groups in total. The van der Waals surface area contributed by atoms with Crippen LogP contribution in [0, 0.1) is 17.1 Å². The van der Waals surface area contributed by atoms with E-state index in [4.69, 9.17) is 5.26 Å². The van der Waals surface area contributed by atoms with Crippen molar-refractivity contribution in [3.8, 4) is 6.07 Å². The lowest BCUT2D eigenvalue weighted by Crippen LogP contribution is -1.91. The third kappa shape index (κ3) is 3.02. The molecule has 1 aromatic heterocycles. The number of thioether (sulfide) groups is 1. The molecule has 0 amide bonds. The van der Waals surface area contributed by atoms with E-state index in [1.807, 2.05) is 6.07 Å². The molecule has 17 heavy (non-hydrogen) atoms. The van der Waals surface area contributed by atoms with Crippen molar-refractivity contribution in [3.05, 3.63) is 53.6 Å². The van der Waals surface area contributed by atoms with Gasteiger partial charge in [0.15, 0.2) is 5.16 Å². The van der Waals surface area contributed by atoms with E-state index in [2.05, 4.69) is 9.97 Å². The number of aromatic nitrogens is 2. The first-order chi connectivity index (χ1) is 8.29. The molecule has 0 unspecified atom stereocenters. The third-order valence-electron chi connectivity index (χ3n) is 2.07. The highest BCUT2D eigenvalue weighted by molar-refractivity contribution is 7.98. The summed E-state index contributed by atoms with van der Waals surface area (Å²) in [6.07, 6.45) is 3.27. The topological polar surface area (TPSA) is 49.6 Å². The lowest BCUT2D eigenvalue weighted by atomic mass is 10.1. The first-order valence-corrected chi connectivity index (χ1v) is 5.86. The van der Waals surface area contributed by atoms with Crippen LogP contribution in [0.2, 0.25) is 0 Å². The van der Waals surface area contributed by atoms with Crippen LogP contribution in [0.5, 0.6) is 0 Å². The Kier molecular flexibility index (Phi) is 3.68. The average molecular weight is 245 g/mol. The molecule has 1 heterocycles. The highest BCUT2D eigenvalue weighted by Gasteiger charge is 2.05. The second-order valence-corrected chi connectivity index (χ2v) is 4.18. The van der Waals surface area contributed by atoms with Gasteiger partial charge < -0.3 is 0 Å². The van der Waals surface area contributed by atoms with Crippen molar-refractivity contribution in [1.82, 2.24) is 9.97 Å². The fourth-order valence-electron chi connectivity index (χ4n) is 1.26. The molecular formula is C12H8FN3S. The summed E-state index contributed by atoms with van der Waals surface area (Å²) in [5.74, 6) is 0.0955. The Morgan fingerprint density at radius 1 is 1.29 bits per heavy atom. The van der Waals surface area contributed by atoms with E-state index in [0.29, 0.717) is 22.0 Å². The zero-order valence-electron chi connectivity index (χ0n) is 8.80. The minimum Gasteiger partial charge on any atom is -0.231 e. The molecule has 0 aliphatic heterocycles. The van der Waals surface area contributed by atoms with Crippen molar-refractivity contribution < 1.29 is 4.39 Å². The number of halogens is 1. The summed E-state index contributed by atoms with van der Waals surface area (Å²) in [5.41, 5.74) is 0.942. The summed E-state index contributed by atoms with van der Waals surface area (Å²) in [4.78, 5) is 8.06. The van der Waals surface area contributed by atoms with Crippen LogP contribution in [0.4, 0.5) is 4.39 Å². The smallest absolute Gasteiger partial charge is 0.187 e. The van der Waals surface area contributed by atoms with Gasteiger partial charge in [-0.3, -0.25) is 0 Å². The summed E-state index contributed by atoms with van der Waals surface area (Å²) in [6.45, 7) is 0. The molecule has 0 fully saturated rings. The van der Waals surface area contributed by atoms with E-state index in [-0.39, 0.29) is 5.82 Å². The van der Waals surface area contributed by atoms with Crippen LogP contribution in [0.15, 0.2) is 41.8 Å². The predicted molar refractivity (Wildman–Crippen MR) is 62.7 cm³/mol. The number of hydrogen-bond donors (Lipinski definition) is 0. The van der Waals surface area contributed by atoms with Crippen LogP contribution >= 0.6 is 11.8 Å². The molecule has 5 heteroatoms. The molecule has 0 aliphatic rings. The quantitative estimate of drug-likeness (QED) is 0.616. The molecule has 0 saturated heterocycles. The van der Waals surface area contributed by atoms with E-state index in [1.54, 1.807) is 24.5 Å². The van der Waals surface area contributed by atoms with Crippen molar-refractivity contribution in [2.75, 3.05) is 0 Å². The van der Waals surface area contributed by atoms with Crippen molar-refractivity contribution in [2.24, 2.45) is 0 Å². The molecule has 0 bridgehead atoms. The van der Waals surface area contributed by atoms with Gasteiger partial charge in [-0.2, -0.15) is 5.26 Å². The largest absolute Gasteiger partial charge is 0.231 e. The van der Waals surface area contributed by atoms with Gasteiger partial charge >= 0.3 is 0 Å². The van der Waals surface area contributed by atoms with Crippen LogP contribution in [-0.2, 0) is 5.75 Å². The zero-order chi connectivity index (χ0) is 12.1. The fraction of sp³-hybridized carbons (Fsp3) is 0.0833. The van der Waals surface area contributed by atoms with Gasteiger partial charge in [0.1, 0.15) is 5.82 Å². The number of benzene rings is 1. The number of hydrogen-bond acceptors (Lipinski definition) is 4. The number of nitrogens with zero attached hydrogens (tertiary/aromatic N) is 3. The summed E-state index contributed by atoms with van der Waals surface area (Å²) >= 11 is 1.34. The van der Waals surface area contributed by atoms with Gasteiger partial charge in [-0.25, -0.2) is 14.4 Å². The summed E-state index contributed by atoms with van der Waals surface area (Å²) < 4.78 is 13.4. The first-order valence-electron chi connectivity index (χ1n) is 4.88. The van der Waals surface area contributed by atoms with Crippen molar-refractivity contribution in [1.29, 1.82) is 5.26 Å². The van der Waals surface area contributed by atoms with Crippen LogP contribution < -0.4 is 0 Å². The van der Waals surface area contributed by atoms with Crippen molar-refractivity contribution in [2.45, 2.75) is 10.9 Å². The summed E-state index contributed by atoms with van der Waals surface area (Å²) in [5, 5.41) is 9.33. The van der Waals surface area contributed by atoms with Crippen molar-refractivity contribution in [3.63, 3.8) is 0 Å². The van der Waals surface area contributed by atoms with Gasteiger partial charge in [0.25, 0.3) is 0 Å². The molecule has 0 spiro atoms. The van der Waals surface area contributed by atoms with Gasteiger partial charge in [-0.1, -0.05) is 11.8 Å². The SMILES string of the molecule is N#Cc1ccc(F)c(CSc2ncccn2)c1. The Morgan fingerprint density at radius 3 is 2.76 bits per heavy atom. The Bertz CT molecular complexity index is 551. The number of rotatable bonds is 3. The minimum atomic E-state index is -0.313. The fourth-order valence-corrected chi connectivity index (χ4v) is 2.03. The molecule has 2 rings (SSSR count). The summed E-state index contributed by atoms with van der Waals surface area (Å²) in [6, 6.07) is 8.02.